The molecule has 2 nitrogen and oxygen atoms in total. The Morgan fingerprint density at radius 1 is 1.17 bits per heavy atom. The normalized spacial score (nSPS) is 9.11. The van der Waals surface area contributed by atoms with Crippen molar-refractivity contribution in [2.75, 3.05) is 6.54 Å². The molecular weight excluding hydrogens is 222 g/mol. The Balaban J connectivity index is -0.000000506. The zero-order chi connectivity index (χ0) is 15.0. The van der Waals surface area contributed by atoms with Crippen LogP contribution >= 0.6 is 0 Å². The second-order valence-corrected chi connectivity index (χ2v) is 3.40. The molecule has 0 saturated carbocycles. The van der Waals surface area contributed by atoms with Crippen LogP contribution in [0, 0.1) is 0 Å². The van der Waals surface area contributed by atoms with E-state index in [1.165, 1.54) is 0 Å². The Morgan fingerprint density at radius 2 is 1.67 bits per heavy atom. The molecule has 0 aliphatic carbocycles. The van der Waals surface area contributed by atoms with E-state index < -0.39 is 0 Å². The quantitative estimate of drug-likeness (QED) is 0.317. The van der Waals surface area contributed by atoms with Crippen molar-refractivity contribution in [3.63, 3.8) is 0 Å². The van der Waals surface area contributed by atoms with Crippen LogP contribution in [0.4, 0.5) is 0 Å². The fourth-order valence-electron chi connectivity index (χ4n) is 0.984. The first-order valence-corrected chi connectivity index (χ1v) is 6.80. The Hall–Kier alpha value is -1.31. The molecule has 18 heavy (non-hydrogen) atoms. The Bertz CT molecular complexity index is 252. The number of nitrogens with one attached hydrogen (secondary N) is 1. The maximum Gasteiger partial charge on any atom is 0.246 e. The fraction of sp³-hybridized carbons (Fsp3) is 0.562. The largest absolute Gasteiger partial charge is 0.352 e. The van der Waals surface area contributed by atoms with Gasteiger partial charge in [-0.05, 0) is 26.7 Å². The lowest BCUT2D eigenvalue weighted by Crippen LogP contribution is -2.25. The number of carbonyl (C=O) groups excluding carboxylic acids is 1. The SMILES string of the molecule is C=C/C=C(\C)C(=O)NCCCC(=C)C.CC.CC. The zero-order valence-electron chi connectivity index (χ0n) is 13.1. The molecule has 0 saturated heterocycles. The number of amides is 1. The van der Waals surface area contributed by atoms with Gasteiger partial charge in [-0.1, -0.05) is 52.0 Å². The lowest BCUT2D eigenvalue weighted by Gasteiger charge is -2.04. The second-order valence-electron chi connectivity index (χ2n) is 3.40. The van der Waals surface area contributed by atoms with Gasteiger partial charge in [0.25, 0.3) is 0 Å². The van der Waals surface area contributed by atoms with Crippen LogP contribution in [0.5, 0.6) is 0 Å². The number of hydrogen-bond donors (Lipinski definition) is 1. The molecule has 0 bridgehead atoms. The Morgan fingerprint density at radius 3 is 2.06 bits per heavy atom. The molecule has 0 aliphatic rings. The lowest BCUT2D eigenvalue weighted by atomic mass is 10.2. The van der Waals surface area contributed by atoms with Crippen molar-refractivity contribution in [2.45, 2.75) is 54.4 Å². The van der Waals surface area contributed by atoms with Crippen LogP contribution in [0.2, 0.25) is 0 Å². The maximum atomic E-state index is 11.3. The van der Waals surface area contributed by atoms with E-state index in [0.717, 1.165) is 18.4 Å². The van der Waals surface area contributed by atoms with E-state index in [0.29, 0.717) is 12.1 Å². The van der Waals surface area contributed by atoms with Gasteiger partial charge >= 0.3 is 0 Å². The summed E-state index contributed by atoms with van der Waals surface area (Å²) in [6, 6.07) is 0. The topological polar surface area (TPSA) is 29.1 Å². The van der Waals surface area contributed by atoms with E-state index in [1.54, 1.807) is 19.1 Å². The number of carbonyl (C=O) groups is 1. The summed E-state index contributed by atoms with van der Waals surface area (Å²) in [5.74, 6) is -0.0217. The van der Waals surface area contributed by atoms with Crippen molar-refractivity contribution in [3.8, 4) is 0 Å². The van der Waals surface area contributed by atoms with E-state index in [4.69, 9.17) is 0 Å². The summed E-state index contributed by atoms with van der Waals surface area (Å²) in [6.07, 6.45) is 5.23. The van der Waals surface area contributed by atoms with Gasteiger partial charge in [-0.2, -0.15) is 0 Å². The minimum Gasteiger partial charge on any atom is -0.352 e. The second kappa shape index (κ2) is 18.1. The molecule has 0 atom stereocenters. The average molecular weight is 253 g/mol. The van der Waals surface area contributed by atoms with E-state index >= 15 is 0 Å². The van der Waals surface area contributed by atoms with Crippen LogP contribution in [0.1, 0.15) is 54.4 Å². The lowest BCUT2D eigenvalue weighted by molar-refractivity contribution is -0.117. The van der Waals surface area contributed by atoms with Gasteiger partial charge < -0.3 is 5.32 Å². The Labute approximate surface area is 114 Å². The molecule has 0 aliphatic heterocycles. The van der Waals surface area contributed by atoms with Crippen LogP contribution in [0.15, 0.2) is 36.5 Å². The summed E-state index contributed by atoms with van der Waals surface area (Å²) in [4.78, 5) is 11.3. The van der Waals surface area contributed by atoms with Gasteiger partial charge in [-0.3, -0.25) is 4.79 Å². The van der Waals surface area contributed by atoms with Crippen LogP contribution < -0.4 is 5.32 Å². The maximum absolute atomic E-state index is 11.3. The summed E-state index contributed by atoms with van der Waals surface area (Å²) in [5, 5.41) is 2.83. The molecule has 2 heteroatoms. The van der Waals surface area contributed by atoms with E-state index in [-0.39, 0.29) is 5.91 Å². The highest BCUT2D eigenvalue weighted by Gasteiger charge is 2.00. The van der Waals surface area contributed by atoms with Crippen LogP contribution in [0.3, 0.4) is 0 Å². The van der Waals surface area contributed by atoms with Crippen LogP contribution in [-0.4, -0.2) is 12.5 Å². The van der Waals surface area contributed by atoms with Crippen molar-refractivity contribution in [1.29, 1.82) is 0 Å². The monoisotopic (exact) mass is 253 g/mol. The van der Waals surface area contributed by atoms with Crippen molar-refractivity contribution >= 4 is 5.91 Å². The van der Waals surface area contributed by atoms with Crippen molar-refractivity contribution in [1.82, 2.24) is 5.32 Å². The molecule has 0 unspecified atom stereocenters. The molecule has 0 aromatic rings. The fourth-order valence-corrected chi connectivity index (χ4v) is 0.984. The summed E-state index contributed by atoms with van der Waals surface area (Å²) in [7, 11) is 0. The standard InChI is InChI=1S/C12H19NO.2C2H6/c1-5-7-11(4)12(14)13-9-6-8-10(2)3;2*1-2/h5,7H,1-2,6,8-9H2,3-4H3,(H,13,14);2*1-2H3/b11-7+;;. The third-order valence-electron chi connectivity index (χ3n) is 1.79. The molecule has 0 aromatic heterocycles. The average Bonchev–Trinajstić information content (AvgIpc) is 2.39. The molecule has 0 spiro atoms. The van der Waals surface area contributed by atoms with E-state index in [1.807, 2.05) is 34.6 Å². The zero-order valence-corrected chi connectivity index (χ0v) is 13.1. The first-order valence-electron chi connectivity index (χ1n) is 6.80. The van der Waals surface area contributed by atoms with Gasteiger partial charge in [-0.15, -0.1) is 6.58 Å². The van der Waals surface area contributed by atoms with Crippen molar-refractivity contribution < 1.29 is 4.79 Å². The van der Waals surface area contributed by atoms with Crippen molar-refractivity contribution in [2.24, 2.45) is 0 Å². The highest BCUT2D eigenvalue weighted by atomic mass is 16.1. The third-order valence-corrected chi connectivity index (χ3v) is 1.79. The molecule has 0 heterocycles. The van der Waals surface area contributed by atoms with E-state index in [9.17, 15) is 4.79 Å². The molecule has 0 fully saturated rings. The van der Waals surface area contributed by atoms with Gasteiger partial charge in [0.15, 0.2) is 0 Å². The van der Waals surface area contributed by atoms with Gasteiger partial charge in [-0.25, -0.2) is 0 Å². The minimum atomic E-state index is -0.0217. The van der Waals surface area contributed by atoms with Crippen LogP contribution in [0.25, 0.3) is 0 Å². The number of allylic oxidation sites excluding steroid dienone is 3. The summed E-state index contributed by atoms with van der Waals surface area (Å²) < 4.78 is 0. The first-order chi connectivity index (χ1) is 8.57. The Kier molecular flexibility index (Phi) is 22.0. The predicted octanol–water partition coefficient (Wildman–Crippen LogP) is 4.64. The molecule has 0 radical (unpaired) electrons. The van der Waals surface area contributed by atoms with Crippen molar-refractivity contribution in [3.05, 3.63) is 36.5 Å². The molecule has 0 aromatic carbocycles. The number of rotatable bonds is 6. The summed E-state index contributed by atoms with van der Waals surface area (Å²) in [6.45, 7) is 19.8. The first kappa shape index (κ1) is 21.9. The van der Waals surface area contributed by atoms with E-state index in [2.05, 4.69) is 18.5 Å². The predicted molar refractivity (Wildman–Crippen MR) is 83.7 cm³/mol. The highest BCUT2D eigenvalue weighted by molar-refractivity contribution is 5.92. The van der Waals surface area contributed by atoms with Gasteiger partial charge in [0.05, 0.1) is 0 Å². The van der Waals surface area contributed by atoms with Gasteiger partial charge in [0.1, 0.15) is 0 Å². The highest BCUT2D eigenvalue weighted by Crippen LogP contribution is 1.99. The van der Waals surface area contributed by atoms with Gasteiger partial charge in [0, 0.05) is 12.1 Å². The molecule has 1 N–H and O–H groups in total. The minimum absolute atomic E-state index is 0.0217. The summed E-state index contributed by atoms with van der Waals surface area (Å²) in [5.41, 5.74) is 1.84. The van der Waals surface area contributed by atoms with Crippen LogP contribution in [-0.2, 0) is 4.79 Å². The molecule has 1 amide bonds. The third kappa shape index (κ3) is 17.1. The molecule has 106 valence electrons. The number of hydrogen-bond acceptors (Lipinski definition) is 1. The molecule has 0 rings (SSSR count). The summed E-state index contributed by atoms with van der Waals surface area (Å²) >= 11 is 0. The smallest absolute Gasteiger partial charge is 0.246 e. The van der Waals surface area contributed by atoms with Gasteiger partial charge in [0.2, 0.25) is 5.91 Å². The molecular formula is C16H31NO.